The molecule has 1 aliphatic rings. The lowest BCUT2D eigenvalue weighted by atomic mass is 10.1. The maximum Gasteiger partial charge on any atom is 0.321 e. The third kappa shape index (κ3) is 4.10. The number of rotatable bonds is 4. The van der Waals surface area contributed by atoms with E-state index in [1.54, 1.807) is 14.2 Å². The molecule has 2 amide bonds. The van der Waals surface area contributed by atoms with Gasteiger partial charge in [0.15, 0.2) is 11.5 Å². The van der Waals surface area contributed by atoms with Gasteiger partial charge >= 0.3 is 6.03 Å². The van der Waals surface area contributed by atoms with E-state index in [1.165, 1.54) is 0 Å². The highest BCUT2D eigenvalue weighted by atomic mass is 16.5. The van der Waals surface area contributed by atoms with Crippen LogP contribution in [-0.4, -0.2) is 51.3 Å². The molecule has 2 aromatic carbocycles. The number of ether oxygens (including phenoxy) is 2. The van der Waals surface area contributed by atoms with Gasteiger partial charge in [-0.2, -0.15) is 0 Å². The smallest absolute Gasteiger partial charge is 0.321 e. The molecule has 3 rings (SSSR count). The van der Waals surface area contributed by atoms with E-state index in [-0.39, 0.29) is 6.03 Å². The number of nitrogens with zero attached hydrogens (tertiary/aromatic N) is 2. The topological polar surface area (TPSA) is 54.0 Å². The normalized spacial score (nSPS) is 14.1. The predicted octanol–water partition coefficient (Wildman–Crippen LogP) is 3.67. The minimum Gasteiger partial charge on any atom is -0.493 e. The lowest BCUT2D eigenvalue weighted by Crippen LogP contribution is -2.50. The van der Waals surface area contributed by atoms with Crippen LogP contribution in [0.25, 0.3) is 0 Å². The molecule has 27 heavy (non-hydrogen) atoms. The molecule has 1 fully saturated rings. The Balaban J connectivity index is 1.62. The van der Waals surface area contributed by atoms with Crippen molar-refractivity contribution in [3.63, 3.8) is 0 Å². The molecule has 0 aromatic heterocycles. The van der Waals surface area contributed by atoms with Crippen molar-refractivity contribution < 1.29 is 14.3 Å². The Labute approximate surface area is 160 Å². The van der Waals surface area contributed by atoms with Crippen molar-refractivity contribution >= 4 is 17.4 Å². The summed E-state index contributed by atoms with van der Waals surface area (Å²) in [5.41, 5.74) is 4.13. The fraction of sp³-hybridized carbons (Fsp3) is 0.381. The molecule has 0 radical (unpaired) electrons. The van der Waals surface area contributed by atoms with Crippen molar-refractivity contribution in [2.45, 2.75) is 13.8 Å². The first-order chi connectivity index (χ1) is 13.0. The molecule has 2 aromatic rings. The molecule has 0 aliphatic carbocycles. The van der Waals surface area contributed by atoms with Gasteiger partial charge in [-0.25, -0.2) is 4.79 Å². The van der Waals surface area contributed by atoms with Crippen LogP contribution in [0.1, 0.15) is 11.1 Å². The van der Waals surface area contributed by atoms with Gasteiger partial charge in [0.05, 0.1) is 14.2 Å². The summed E-state index contributed by atoms with van der Waals surface area (Å²) in [6, 6.07) is 11.9. The van der Waals surface area contributed by atoms with Crippen LogP contribution in [0.4, 0.5) is 16.2 Å². The molecule has 144 valence electrons. The molecule has 1 saturated heterocycles. The summed E-state index contributed by atoms with van der Waals surface area (Å²) in [6.07, 6.45) is 0. The van der Waals surface area contributed by atoms with Crippen molar-refractivity contribution in [3.05, 3.63) is 47.5 Å². The Morgan fingerprint density at radius 2 is 1.56 bits per heavy atom. The third-order valence-electron chi connectivity index (χ3n) is 5.01. The number of methoxy groups -OCH3 is 2. The quantitative estimate of drug-likeness (QED) is 0.893. The maximum absolute atomic E-state index is 12.7. The van der Waals surface area contributed by atoms with E-state index in [1.807, 2.05) is 55.1 Å². The molecule has 6 heteroatoms. The Kier molecular flexibility index (Phi) is 5.74. The van der Waals surface area contributed by atoms with Crippen molar-refractivity contribution in [2.24, 2.45) is 0 Å². The van der Waals surface area contributed by atoms with Gasteiger partial charge in [0, 0.05) is 43.6 Å². The first-order valence-corrected chi connectivity index (χ1v) is 9.12. The average Bonchev–Trinajstić information content (AvgIpc) is 2.70. The number of hydrogen-bond donors (Lipinski definition) is 1. The molecule has 0 unspecified atom stereocenters. The maximum atomic E-state index is 12.7. The Bertz CT molecular complexity index is 794. The van der Waals surface area contributed by atoms with E-state index in [4.69, 9.17) is 9.47 Å². The van der Waals surface area contributed by atoms with Crippen LogP contribution in [-0.2, 0) is 0 Å². The molecule has 1 aliphatic heterocycles. The summed E-state index contributed by atoms with van der Waals surface area (Å²) < 4.78 is 10.7. The van der Waals surface area contributed by atoms with Crippen LogP contribution in [0, 0.1) is 13.8 Å². The predicted molar refractivity (Wildman–Crippen MR) is 108 cm³/mol. The molecule has 0 saturated carbocycles. The standard InChI is InChI=1S/C21H27N3O3/c1-15-6-5-7-16(2)20(15)22-21(25)24-12-10-23(11-13-24)17-8-9-18(26-3)19(14-17)27-4/h5-9,14H,10-13H2,1-4H3,(H,22,25). The van der Waals surface area contributed by atoms with Crippen molar-refractivity contribution in [3.8, 4) is 11.5 Å². The SMILES string of the molecule is COc1ccc(N2CCN(C(=O)Nc3c(C)cccc3C)CC2)cc1OC. The number of nitrogens with one attached hydrogen (secondary N) is 1. The number of amides is 2. The number of benzene rings is 2. The van der Waals surface area contributed by atoms with Crippen LogP contribution in [0.15, 0.2) is 36.4 Å². The average molecular weight is 369 g/mol. The number of anilines is 2. The highest BCUT2D eigenvalue weighted by Gasteiger charge is 2.22. The van der Waals surface area contributed by atoms with E-state index in [9.17, 15) is 4.79 Å². The first-order valence-electron chi connectivity index (χ1n) is 9.12. The second-order valence-electron chi connectivity index (χ2n) is 6.71. The van der Waals surface area contributed by atoms with Gasteiger partial charge in [-0.1, -0.05) is 18.2 Å². The van der Waals surface area contributed by atoms with E-state index in [2.05, 4.69) is 10.2 Å². The number of carbonyl (C=O) groups is 1. The minimum atomic E-state index is -0.0423. The molecule has 0 atom stereocenters. The van der Waals surface area contributed by atoms with Crippen molar-refractivity contribution in [1.82, 2.24) is 4.90 Å². The van der Waals surface area contributed by atoms with Gasteiger partial charge in [0.2, 0.25) is 0 Å². The lowest BCUT2D eigenvalue weighted by Gasteiger charge is -2.36. The molecule has 6 nitrogen and oxygen atoms in total. The number of urea groups is 1. The van der Waals surface area contributed by atoms with E-state index >= 15 is 0 Å². The zero-order valence-electron chi connectivity index (χ0n) is 16.4. The summed E-state index contributed by atoms with van der Waals surface area (Å²) in [6.45, 7) is 6.91. The summed E-state index contributed by atoms with van der Waals surface area (Å²) >= 11 is 0. The van der Waals surface area contributed by atoms with Crippen LogP contribution >= 0.6 is 0 Å². The highest BCUT2D eigenvalue weighted by Crippen LogP contribution is 2.32. The summed E-state index contributed by atoms with van der Waals surface area (Å²) in [7, 11) is 3.27. The lowest BCUT2D eigenvalue weighted by molar-refractivity contribution is 0.208. The minimum absolute atomic E-state index is 0.0423. The Hall–Kier alpha value is -2.89. The largest absolute Gasteiger partial charge is 0.493 e. The molecule has 0 bridgehead atoms. The molecule has 1 N–H and O–H groups in total. The van der Waals surface area contributed by atoms with Gasteiger partial charge in [0.25, 0.3) is 0 Å². The Morgan fingerprint density at radius 1 is 0.926 bits per heavy atom. The molecular formula is C21H27N3O3. The van der Waals surface area contributed by atoms with Gasteiger partial charge < -0.3 is 24.6 Å². The van der Waals surface area contributed by atoms with Gasteiger partial charge in [-0.15, -0.1) is 0 Å². The van der Waals surface area contributed by atoms with Crippen LogP contribution < -0.4 is 19.7 Å². The Morgan fingerprint density at radius 3 is 2.15 bits per heavy atom. The summed E-state index contributed by atoms with van der Waals surface area (Å²) in [5, 5.41) is 3.07. The van der Waals surface area contributed by atoms with E-state index in [0.717, 1.165) is 35.6 Å². The zero-order valence-corrected chi connectivity index (χ0v) is 16.4. The van der Waals surface area contributed by atoms with Crippen molar-refractivity contribution in [2.75, 3.05) is 50.6 Å². The van der Waals surface area contributed by atoms with Crippen molar-refractivity contribution in [1.29, 1.82) is 0 Å². The second-order valence-corrected chi connectivity index (χ2v) is 6.71. The molecular weight excluding hydrogens is 342 g/mol. The molecule has 0 spiro atoms. The number of hydrogen-bond acceptors (Lipinski definition) is 4. The van der Waals surface area contributed by atoms with Crippen LogP contribution in [0.3, 0.4) is 0 Å². The molecule has 1 heterocycles. The highest BCUT2D eigenvalue weighted by molar-refractivity contribution is 5.91. The monoisotopic (exact) mass is 369 g/mol. The third-order valence-corrected chi connectivity index (χ3v) is 5.01. The van der Waals surface area contributed by atoms with Gasteiger partial charge in [-0.05, 0) is 37.1 Å². The van der Waals surface area contributed by atoms with Gasteiger partial charge in [-0.3, -0.25) is 0 Å². The number of piperazine rings is 1. The van der Waals surface area contributed by atoms with Crippen LogP contribution in [0.5, 0.6) is 11.5 Å². The zero-order chi connectivity index (χ0) is 19.4. The fourth-order valence-corrected chi connectivity index (χ4v) is 3.39. The summed E-state index contributed by atoms with van der Waals surface area (Å²) in [5.74, 6) is 1.43. The number of aryl methyl sites for hydroxylation is 2. The number of carbonyl (C=O) groups excluding carboxylic acids is 1. The van der Waals surface area contributed by atoms with E-state index < -0.39 is 0 Å². The van der Waals surface area contributed by atoms with Gasteiger partial charge in [0.1, 0.15) is 0 Å². The number of para-hydroxylation sites is 1. The summed E-state index contributed by atoms with van der Waals surface area (Å²) in [4.78, 5) is 16.8. The van der Waals surface area contributed by atoms with E-state index in [0.29, 0.717) is 24.6 Å². The first kappa shape index (κ1) is 18.9. The van der Waals surface area contributed by atoms with Crippen LogP contribution in [0.2, 0.25) is 0 Å². The fourth-order valence-electron chi connectivity index (χ4n) is 3.39. The second kappa shape index (κ2) is 8.20.